The predicted octanol–water partition coefficient (Wildman–Crippen LogP) is -1.25. The third-order valence-electron chi connectivity index (χ3n) is 1.37. The van der Waals surface area contributed by atoms with Crippen molar-refractivity contribution in [2.45, 2.75) is 12.5 Å². The number of rotatable bonds is 5. The number of terminal acetylenes is 1. The summed E-state index contributed by atoms with van der Waals surface area (Å²) in [5, 5.41) is 21.5. The maximum absolute atomic E-state index is 10.9. The van der Waals surface area contributed by atoms with Crippen molar-refractivity contribution in [1.29, 1.82) is 0 Å². The minimum absolute atomic E-state index is 0.0251. The Kier molecular flexibility index (Phi) is 5.90. The summed E-state index contributed by atoms with van der Waals surface area (Å²) in [7, 11) is 0. The molecule has 6 nitrogen and oxygen atoms in total. The number of aliphatic hydroxyl groups is 1. The van der Waals surface area contributed by atoms with Crippen LogP contribution in [0.2, 0.25) is 0 Å². The molecular formula is C8H12N2O4. The number of carbonyl (C=O) groups excluding carboxylic acids is 1. The van der Waals surface area contributed by atoms with Crippen LogP contribution in [0.5, 0.6) is 0 Å². The number of aliphatic hydroxyl groups excluding tert-OH is 1. The van der Waals surface area contributed by atoms with Crippen molar-refractivity contribution in [1.82, 2.24) is 10.6 Å². The largest absolute Gasteiger partial charge is 0.480 e. The molecule has 0 rings (SSSR count). The second kappa shape index (κ2) is 6.74. The molecule has 0 aromatic rings. The Morgan fingerprint density at radius 2 is 2.14 bits per heavy atom. The summed E-state index contributed by atoms with van der Waals surface area (Å²) in [6.45, 7) is -0.288. The standard InChI is InChI=1S/C8H12N2O4/c1-2-4-9-8(14)10-6(3-5-11)7(12)13/h1,6,11H,3-5H2,(H,12,13)(H2,9,10,14)/t6-/m0/s1. The van der Waals surface area contributed by atoms with E-state index < -0.39 is 18.0 Å². The molecule has 0 spiro atoms. The van der Waals surface area contributed by atoms with Gasteiger partial charge >= 0.3 is 12.0 Å². The van der Waals surface area contributed by atoms with Crippen molar-refractivity contribution in [3.8, 4) is 12.3 Å². The highest BCUT2D eigenvalue weighted by atomic mass is 16.4. The lowest BCUT2D eigenvalue weighted by Crippen LogP contribution is -2.46. The molecule has 78 valence electrons. The smallest absolute Gasteiger partial charge is 0.326 e. The van der Waals surface area contributed by atoms with E-state index in [0.29, 0.717) is 0 Å². The van der Waals surface area contributed by atoms with Gasteiger partial charge in [-0.3, -0.25) is 0 Å². The summed E-state index contributed by atoms with van der Waals surface area (Å²) >= 11 is 0. The molecule has 6 heteroatoms. The molecule has 0 aliphatic carbocycles. The monoisotopic (exact) mass is 200 g/mol. The zero-order chi connectivity index (χ0) is 11.0. The maximum atomic E-state index is 10.9. The third kappa shape index (κ3) is 5.00. The molecule has 0 saturated carbocycles. The Morgan fingerprint density at radius 1 is 1.50 bits per heavy atom. The Hall–Kier alpha value is -1.74. The van der Waals surface area contributed by atoms with Gasteiger partial charge in [-0.15, -0.1) is 6.42 Å². The predicted molar refractivity (Wildman–Crippen MR) is 48.5 cm³/mol. The van der Waals surface area contributed by atoms with E-state index >= 15 is 0 Å². The van der Waals surface area contributed by atoms with Crippen molar-refractivity contribution in [3.63, 3.8) is 0 Å². The van der Waals surface area contributed by atoms with Crippen molar-refractivity contribution >= 4 is 12.0 Å². The highest BCUT2D eigenvalue weighted by Gasteiger charge is 2.18. The number of urea groups is 1. The first kappa shape index (κ1) is 12.3. The van der Waals surface area contributed by atoms with Gasteiger partial charge < -0.3 is 20.8 Å². The number of hydrogen-bond donors (Lipinski definition) is 4. The van der Waals surface area contributed by atoms with E-state index in [4.69, 9.17) is 16.6 Å². The lowest BCUT2D eigenvalue weighted by Gasteiger charge is -2.12. The molecule has 0 bridgehead atoms. The first-order valence-corrected chi connectivity index (χ1v) is 3.93. The molecule has 0 radical (unpaired) electrons. The van der Waals surface area contributed by atoms with Gasteiger partial charge in [0.2, 0.25) is 0 Å². The molecule has 14 heavy (non-hydrogen) atoms. The van der Waals surface area contributed by atoms with Gasteiger partial charge in [-0.1, -0.05) is 5.92 Å². The molecule has 0 saturated heterocycles. The topological polar surface area (TPSA) is 98.7 Å². The molecule has 4 N–H and O–H groups in total. The van der Waals surface area contributed by atoms with Gasteiger partial charge in [0, 0.05) is 13.0 Å². The van der Waals surface area contributed by atoms with Crippen LogP contribution in [0.25, 0.3) is 0 Å². The molecular weight excluding hydrogens is 188 g/mol. The number of nitrogens with one attached hydrogen (secondary N) is 2. The van der Waals surface area contributed by atoms with E-state index in [1.807, 2.05) is 0 Å². The van der Waals surface area contributed by atoms with Crippen LogP contribution >= 0.6 is 0 Å². The van der Waals surface area contributed by atoms with E-state index in [0.717, 1.165) is 0 Å². The van der Waals surface area contributed by atoms with E-state index in [-0.39, 0.29) is 19.6 Å². The van der Waals surface area contributed by atoms with E-state index in [9.17, 15) is 9.59 Å². The fraction of sp³-hybridized carbons (Fsp3) is 0.500. The number of hydrogen-bond acceptors (Lipinski definition) is 3. The highest BCUT2D eigenvalue weighted by Crippen LogP contribution is 1.90. The Labute approximate surface area is 81.3 Å². The number of amides is 2. The quantitative estimate of drug-likeness (QED) is 0.417. The fourth-order valence-corrected chi connectivity index (χ4v) is 0.727. The number of aliphatic carboxylic acids is 1. The number of carboxylic acids is 1. The highest BCUT2D eigenvalue weighted by molar-refractivity contribution is 5.82. The van der Waals surface area contributed by atoms with Crippen LogP contribution < -0.4 is 10.6 Å². The molecule has 0 aliphatic heterocycles. The minimum Gasteiger partial charge on any atom is -0.480 e. The van der Waals surface area contributed by atoms with Crippen molar-refractivity contribution in [2.24, 2.45) is 0 Å². The third-order valence-corrected chi connectivity index (χ3v) is 1.37. The second-order valence-corrected chi connectivity index (χ2v) is 2.43. The average molecular weight is 200 g/mol. The lowest BCUT2D eigenvalue weighted by atomic mass is 10.2. The number of carboxylic acid groups (broad SMARTS) is 1. The van der Waals surface area contributed by atoms with Gasteiger partial charge in [0.25, 0.3) is 0 Å². The molecule has 0 unspecified atom stereocenters. The SMILES string of the molecule is C#CCNC(=O)N[C@@H](CCO)C(=O)O. The van der Waals surface area contributed by atoms with Crippen LogP contribution in [0.1, 0.15) is 6.42 Å². The summed E-state index contributed by atoms with van der Waals surface area (Å²) in [4.78, 5) is 21.4. The summed E-state index contributed by atoms with van der Waals surface area (Å²) in [5.74, 6) is 0.965. The summed E-state index contributed by atoms with van der Waals surface area (Å²) in [6, 6.07) is -1.76. The molecule has 1 atom stereocenters. The Balaban J connectivity index is 3.97. The summed E-state index contributed by atoms with van der Waals surface area (Å²) in [5.41, 5.74) is 0. The van der Waals surface area contributed by atoms with E-state index in [2.05, 4.69) is 16.6 Å². The van der Waals surface area contributed by atoms with Crippen LogP contribution in [-0.2, 0) is 4.79 Å². The number of carbonyl (C=O) groups is 2. The van der Waals surface area contributed by atoms with Crippen LogP contribution in [0.15, 0.2) is 0 Å². The van der Waals surface area contributed by atoms with Crippen LogP contribution in [0.3, 0.4) is 0 Å². The maximum Gasteiger partial charge on any atom is 0.326 e. The van der Waals surface area contributed by atoms with Gasteiger partial charge in [-0.05, 0) is 0 Å². The van der Waals surface area contributed by atoms with Gasteiger partial charge in [0.05, 0.1) is 6.54 Å². The van der Waals surface area contributed by atoms with Crippen LogP contribution in [0.4, 0.5) is 4.79 Å². The molecule has 0 fully saturated rings. The van der Waals surface area contributed by atoms with Gasteiger partial charge in [-0.25, -0.2) is 9.59 Å². The second-order valence-electron chi connectivity index (χ2n) is 2.43. The van der Waals surface area contributed by atoms with E-state index in [1.54, 1.807) is 0 Å². The van der Waals surface area contributed by atoms with Gasteiger partial charge in [0.1, 0.15) is 6.04 Å². The van der Waals surface area contributed by atoms with Crippen molar-refractivity contribution < 1.29 is 19.8 Å². The van der Waals surface area contributed by atoms with E-state index in [1.165, 1.54) is 0 Å². The molecule has 0 aromatic heterocycles. The molecule has 2 amide bonds. The zero-order valence-corrected chi connectivity index (χ0v) is 7.49. The summed E-state index contributed by atoms with van der Waals surface area (Å²) in [6.07, 6.45) is 4.83. The van der Waals surface area contributed by atoms with Crippen LogP contribution in [0, 0.1) is 12.3 Å². The molecule has 0 heterocycles. The molecule has 0 aromatic carbocycles. The Bertz CT molecular complexity index is 246. The fourth-order valence-electron chi connectivity index (χ4n) is 0.727. The summed E-state index contributed by atoms with van der Waals surface area (Å²) < 4.78 is 0. The minimum atomic E-state index is -1.20. The normalized spacial score (nSPS) is 11.1. The zero-order valence-electron chi connectivity index (χ0n) is 7.49. The van der Waals surface area contributed by atoms with Gasteiger partial charge in [0.15, 0.2) is 0 Å². The van der Waals surface area contributed by atoms with Gasteiger partial charge in [-0.2, -0.15) is 0 Å². The average Bonchev–Trinajstić information content (AvgIpc) is 2.14. The Morgan fingerprint density at radius 3 is 2.57 bits per heavy atom. The van der Waals surface area contributed by atoms with Crippen molar-refractivity contribution in [3.05, 3.63) is 0 Å². The molecule has 0 aliphatic rings. The first-order valence-electron chi connectivity index (χ1n) is 3.93. The first-order chi connectivity index (χ1) is 6.61. The lowest BCUT2D eigenvalue weighted by molar-refractivity contribution is -0.139. The van der Waals surface area contributed by atoms with Crippen molar-refractivity contribution in [2.75, 3.05) is 13.2 Å². The van der Waals surface area contributed by atoms with Crippen LogP contribution in [-0.4, -0.2) is 41.4 Å².